The van der Waals surface area contributed by atoms with E-state index in [0.717, 1.165) is 29.1 Å². The minimum atomic E-state index is -0.133. The van der Waals surface area contributed by atoms with Gasteiger partial charge in [0.15, 0.2) is 0 Å². The number of hydrazone groups is 1. The van der Waals surface area contributed by atoms with Crippen molar-refractivity contribution >= 4 is 35.5 Å². The van der Waals surface area contributed by atoms with Gasteiger partial charge in [-0.3, -0.25) is 4.79 Å². The average Bonchev–Trinajstić information content (AvgIpc) is 2.61. The van der Waals surface area contributed by atoms with Crippen molar-refractivity contribution in [3.8, 4) is 5.75 Å². The van der Waals surface area contributed by atoms with Crippen LogP contribution in [0.25, 0.3) is 0 Å². The molecule has 0 aliphatic rings. The number of thioether (sulfide) groups is 1. The lowest BCUT2D eigenvalue weighted by Gasteiger charge is -2.04. The van der Waals surface area contributed by atoms with Crippen molar-refractivity contribution in [3.05, 3.63) is 64.7 Å². The van der Waals surface area contributed by atoms with Gasteiger partial charge in [0.2, 0.25) is 5.91 Å². The first-order valence-electron chi connectivity index (χ1n) is 8.04. The Kier molecular flexibility index (Phi) is 8.35. The Bertz CT molecular complexity index is 705. The molecule has 0 saturated heterocycles. The number of hydrogen-bond donors (Lipinski definition) is 1. The summed E-state index contributed by atoms with van der Waals surface area (Å²) in [6, 6.07) is 15.2. The molecule has 2 aromatic rings. The summed E-state index contributed by atoms with van der Waals surface area (Å²) >= 11 is 7.45. The maximum atomic E-state index is 11.8. The van der Waals surface area contributed by atoms with Gasteiger partial charge in [0.1, 0.15) is 5.75 Å². The number of rotatable bonds is 9. The summed E-state index contributed by atoms with van der Waals surface area (Å²) in [6.45, 7) is 2.77. The summed E-state index contributed by atoms with van der Waals surface area (Å²) in [6.07, 6.45) is 2.59. The molecule has 0 saturated carbocycles. The van der Waals surface area contributed by atoms with E-state index < -0.39 is 0 Å². The summed E-state index contributed by atoms with van der Waals surface area (Å²) in [5.41, 5.74) is 4.53. The van der Waals surface area contributed by atoms with Gasteiger partial charge >= 0.3 is 0 Å². The minimum absolute atomic E-state index is 0.133. The van der Waals surface area contributed by atoms with Gasteiger partial charge in [-0.15, -0.1) is 11.8 Å². The highest BCUT2D eigenvalue weighted by Crippen LogP contribution is 2.16. The highest BCUT2D eigenvalue weighted by Gasteiger charge is 2.01. The van der Waals surface area contributed by atoms with E-state index >= 15 is 0 Å². The Morgan fingerprint density at radius 1 is 1.28 bits per heavy atom. The number of amides is 1. The number of carbonyl (C=O) groups is 1. The molecule has 4 nitrogen and oxygen atoms in total. The van der Waals surface area contributed by atoms with E-state index in [2.05, 4.69) is 17.5 Å². The van der Waals surface area contributed by atoms with E-state index in [4.69, 9.17) is 16.3 Å². The number of hydrogen-bond acceptors (Lipinski definition) is 4. The van der Waals surface area contributed by atoms with Crippen molar-refractivity contribution < 1.29 is 9.53 Å². The molecule has 0 spiro atoms. The molecule has 2 rings (SSSR count). The van der Waals surface area contributed by atoms with E-state index in [1.165, 1.54) is 11.8 Å². The third-order valence-electron chi connectivity index (χ3n) is 3.15. The molecule has 132 valence electrons. The first-order valence-corrected chi connectivity index (χ1v) is 9.57. The monoisotopic (exact) mass is 376 g/mol. The van der Waals surface area contributed by atoms with Gasteiger partial charge in [0, 0.05) is 10.8 Å². The molecular weight excluding hydrogens is 356 g/mol. The zero-order valence-corrected chi connectivity index (χ0v) is 15.6. The lowest BCUT2D eigenvalue weighted by atomic mass is 10.2. The molecule has 1 N–H and O–H groups in total. The lowest BCUT2D eigenvalue weighted by molar-refractivity contribution is -0.118. The fraction of sp³-hybridized carbons (Fsp3) is 0.263. The summed E-state index contributed by atoms with van der Waals surface area (Å²) in [4.78, 5) is 11.8. The van der Waals surface area contributed by atoms with Gasteiger partial charge in [-0.2, -0.15) is 5.10 Å². The van der Waals surface area contributed by atoms with Gasteiger partial charge in [-0.1, -0.05) is 30.7 Å². The van der Waals surface area contributed by atoms with Crippen LogP contribution in [0.4, 0.5) is 0 Å². The van der Waals surface area contributed by atoms with Crippen LogP contribution < -0.4 is 10.2 Å². The van der Waals surface area contributed by atoms with Gasteiger partial charge in [0.05, 0.1) is 18.6 Å². The smallest absolute Gasteiger partial charge is 0.250 e. The quantitative estimate of drug-likeness (QED) is 0.517. The fourth-order valence-electron chi connectivity index (χ4n) is 1.97. The third-order valence-corrected chi connectivity index (χ3v) is 4.39. The molecule has 0 bridgehead atoms. The standard InChI is InChI=1S/C19H21ClN2O2S/c1-2-10-24-18-8-6-15(7-9-18)12-21-22-19(23)14-25-13-16-4-3-5-17(20)11-16/h3-9,11-12H,2,10,13-14H2,1H3,(H,22,23)/b21-12+. The van der Waals surface area contributed by atoms with Crippen molar-refractivity contribution in [1.29, 1.82) is 0 Å². The van der Waals surface area contributed by atoms with E-state index in [1.807, 2.05) is 48.5 Å². The first kappa shape index (κ1) is 19.3. The topological polar surface area (TPSA) is 50.7 Å². The predicted molar refractivity (Wildman–Crippen MR) is 106 cm³/mol. The molecule has 0 radical (unpaired) electrons. The largest absolute Gasteiger partial charge is 0.494 e. The first-order chi connectivity index (χ1) is 12.2. The van der Waals surface area contributed by atoms with Crippen LogP contribution in [0.3, 0.4) is 0 Å². The molecule has 6 heteroatoms. The van der Waals surface area contributed by atoms with Crippen LogP contribution in [0.2, 0.25) is 5.02 Å². The molecule has 0 heterocycles. The maximum absolute atomic E-state index is 11.8. The Morgan fingerprint density at radius 3 is 2.80 bits per heavy atom. The zero-order valence-electron chi connectivity index (χ0n) is 14.1. The Morgan fingerprint density at radius 2 is 2.08 bits per heavy atom. The molecule has 0 aromatic heterocycles. The molecule has 1 amide bonds. The summed E-state index contributed by atoms with van der Waals surface area (Å²) < 4.78 is 5.52. The third kappa shape index (κ3) is 7.63. The molecule has 0 unspecified atom stereocenters. The van der Waals surface area contributed by atoms with E-state index in [0.29, 0.717) is 17.4 Å². The van der Waals surface area contributed by atoms with Crippen molar-refractivity contribution in [2.45, 2.75) is 19.1 Å². The van der Waals surface area contributed by atoms with Crippen molar-refractivity contribution in [3.63, 3.8) is 0 Å². The molecule has 0 aliphatic heterocycles. The fourth-order valence-corrected chi connectivity index (χ4v) is 2.95. The summed E-state index contributed by atoms with van der Waals surface area (Å²) in [7, 11) is 0. The van der Waals surface area contributed by atoms with E-state index in [1.54, 1.807) is 6.21 Å². The molecule has 2 aromatic carbocycles. The molecule has 25 heavy (non-hydrogen) atoms. The minimum Gasteiger partial charge on any atom is -0.494 e. The van der Waals surface area contributed by atoms with Gasteiger partial charge in [-0.05, 0) is 53.9 Å². The lowest BCUT2D eigenvalue weighted by Crippen LogP contribution is -2.19. The zero-order chi connectivity index (χ0) is 17.9. The number of halogens is 1. The summed E-state index contributed by atoms with van der Waals surface area (Å²) in [5.74, 6) is 1.77. The van der Waals surface area contributed by atoms with Crippen LogP contribution >= 0.6 is 23.4 Å². The normalized spacial score (nSPS) is 10.8. The number of nitrogens with one attached hydrogen (secondary N) is 1. The average molecular weight is 377 g/mol. The van der Waals surface area contributed by atoms with Crippen LogP contribution in [-0.2, 0) is 10.5 Å². The van der Waals surface area contributed by atoms with Crippen LogP contribution in [0.5, 0.6) is 5.75 Å². The number of benzene rings is 2. The van der Waals surface area contributed by atoms with Gasteiger partial charge < -0.3 is 4.74 Å². The predicted octanol–water partition coefficient (Wildman–Crippen LogP) is 4.51. The highest BCUT2D eigenvalue weighted by molar-refractivity contribution is 7.99. The summed E-state index contributed by atoms with van der Waals surface area (Å²) in [5, 5.41) is 4.68. The molecular formula is C19H21ClN2O2S. The van der Waals surface area contributed by atoms with Crippen molar-refractivity contribution in [1.82, 2.24) is 5.43 Å². The van der Waals surface area contributed by atoms with Crippen molar-refractivity contribution in [2.24, 2.45) is 5.10 Å². The second-order valence-corrected chi connectivity index (χ2v) is 6.76. The second kappa shape index (κ2) is 10.8. The Labute approximate surface area is 157 Å². The number of carbonyl (C=O) groups excluding carboxylic acids is 1. The van der Waals surface area contributed by atoms with Crippen LogP contribution in [0.15, 0.2) is 53.6 Å². The number of nitrogens with zero attached hydrogens (tertiary/aromatic N) is 1. The van der Waals surface area contributed by atoms with Crippen LogP contribution in [-0.4, -0.2) is 24.5 Å². The van der Waals surface area contributed by atoms with Crippen LogP contribution in [0, 0.1) is 0 Å². The second-order valence-electron chi connectivity index (χ2n) is 5.33. The number of ether oxygens (including phenoxy) is 1. The van der Waals surface area contributed by atoms with Crippen molar-refractivity contribution in [2.75, 3.05) is 12.4 Å². The van der Waals surface area contributed by atoms with Gasteiger partial charge in [0.25, 0.3) is 0 Å². The SMILES string of the molecule is CCCOc1ccc(/C=N/NC(=O)CSCc2cccc(Cl)c2)cc1. The van der Waals surface area contributed by atoms with E-state index in [9.17, 15) is 4.79 Å². The maximum Gasteiger partial charge on any atom is 0.250 e. The molecule has 0 atom stereocenters. The van der Waals surface area contributed by atoms with Crippen LogP contribution in [0.1, 0.15) is 24.5 Å². The molecule has 0 aliphatic carbocycles. The van der Waals surface area contributed by atoms with Gasteiger partial charge in [-0.25, -0.2) is 5.43 Å². The van der Waals surface area contributed by atoms with E-state index in [-0.39, 0.29) is 5.91 Å². The Hall–Kier alpha value is -1.98. The highest BCUT2D eigenvalue weighted by atomic mass is 35.5. The molecule has 0 fully saturated rings. The Balaban J connectivity index is 1.69.